The van der Waals surface area contributed by atoms with E-state index in [2.05, 4.69) is 30.7 Å². The molecule has 0 saturated heterocycles. The van der Waals surface area contributed by atoms with Crippen molar-refractivity contribution in [2.45, 2.75) is 6.92 Å². The molecule has 0 fully saturated rings. The molecule has 0 radical (unpaired) electrons. The molecule has 2 amide bonds. The molecule has 136 valence electrons. The van der Waals surface area contributed by atoms with Gasteiger partial charge in [-0.2, -0.15) is 5.10 Å². The molecular formula is C18H18N8O. The first-order chi connectivity index (χ1) is 13.2. The lowest BCUT2D eigenvalue weighted by atomic mass is 10.1. The minimum Gasteiger partial charge on any atom is -0.338 e. The molecule has 1 aromatic carbocycles. The Hall–Kier alpha value is -3.75. The SMILES string of the molecule is CCNC(=O)Nc1nc2cc(-c3cncnc3)cc(-n3cccn3)c2n1C. The zero-order valence-corrected chi connectivity index (χ0v) is 14.9. The smallest absolute Gasteiger partial charge is 0.321 e. The molecule has 0 unspecified atom stereocenters. The number of carbonyl (C=O) groups is 1. The molecule has 0 aliphatic rings. The Labute approximate surface area is 155 Å². The summed E-state index contributed by atoms with van der Waals surface area (Å²) in [5.74, 6) is 0.450. The van der Waals surface area contributed by atoms with E-state index < -0.39 is 0 Å². The van der Waals surface area contributed by atoms with Gasteiger partial charge in [0.1, 0.15) is 6.33 Å². The lowest BCUT2D eigenvalue weighted by Gasteiger charge is -2.10. The molecule has 0 aliphatic heterocycles. The van der Waals surface area contributed by atoms with Gasteiger partial charge >= 0.3 is 6.03 Å². The molecule has 0 aliphatic carbocycles. The van der Waals surface area contributed by atoms with Gasteiger partial charge in [-0.05, 0) is 30.7 Å². The van der Waals surface area contributed by atoms with Gasteiger partial charge in [-0.15, -0.1) is 0 Å². The highest BCUT2D eigenvalue weighted by atomic mass is 16.2. The van der Waals surface area contributed by atoms with Crippen molar-refractivity contribution in [3.63, 3.8) is 0 Å². The van der Waals surface area contributed by atoms with E-state index in [1.807, 2.05) is 42.9 Å². The molecule has 3 heterocycles. The quantitative estimate of drug-likeness (QED) is 0.580. The van der Waals surface area contributed by atoms with Crippen molar-refractivity contribution in [2.24, 2.45) is 7.05 Å². The van der Waals surface area contributed by atoms with Crippen LogP contribution in [0.15, 0.2) is 49.3 Å². The average Bonchev–Trinajstić information content (AvgIpc) is 3.31. The first kappa shape index (κ1) is 16.7. The number of carbonyl (C=O) groups excluding carboxylic acids is 1. The molecule has 0 saturated carbocycles. The van der Waals surface area contributed by atoms with E-state index in [1.54, 1.807) is 23.3 Å². The summed E-state index contributed by atoms with van der Waals surface area (Å²) in [7, 11) is 1.86. The van der Waals surface area contributed by atoms with E-state index in [-0.39, 0.29) is 6.03 Å². The predicted molar refractivity (Wildman–Crippen MR) is 102 cm³/mol. The maximum atomic E-state index is 11.9. The number of rotatable bonds is 4. The molecule has 27 heavy (non-hydrogen) atoms. The fourth-order valence-corrected chi connectivity index (χ4v) is 2.95. The first-order valence-electron chi connectivity index (χ1n) is 8.48. The number of fused-ring (bicyclic) bond motifs is 1. The predicted octanol–water partition coefficient (Wildman–Crippen LogP) is 2.36. The van der Waals surface area contributed by atoms with E-state index in [9.17, 15) is 4.79 Å². The van der Waals surface area contributed by atoms with E-state index in [4.69, 9.17) is 0 Å². The summed E-state index contributed by atoms with van der Waals surface area (Å²) >= 11 is 0. The lowest BCUT2D eigenvalue weighted by molar-refractivity contribution is 0.252. The average molecular weight is 362 g/mol. The number of nitrogens with one attached hydrogen (secondary N) is 2. The first-order valence-corrected chi connectivity index (χ1v) is 8.48. The van der Waals surface area contributed by atoms with Crippen LogP contribution in [0.1, 0.15) is 6.92 Å². The van der Waals surface area contributed by atoms with Crippen LogP contribution in [0.5, 0.6) is 0 Å². The van der Waals surface area contributed by atoms with Crippen LogP contribution in [0.25, 0.3) is 27.8 Å². The van der Waals surface area contributed by atoms with Crippen LogP contribution in [-0.2, 0) is 7.05 Å². The van der Waals surface area contributed by atoms with Crippen LogP contribution >= 0.6 is 0 Å². The monoisotopic (exact) mass is 362 g/mol. The highest BCUT2D eigenvalue weighted by molar-refractivity contribution is 5.94. The minimum absolute atomic E-state index is 0.298. The van der Waals surface area contributed by atoms with Crippen molar-refractivity contribution in [2.75, 3.05) is 11.9 Å². The molecular weight excluding hydrogens is 344 g/mol. The van der Waals surface area contributed by atoms with E-state index in [0.29, 0.717) is 12.5 Å². The fraction of sp³-hybridized carbons (Fsp3) is 0.167. The van der Waals surface area contributed by atoms with Gasteiger partial charge in [0.25, 0.3) is 0 Å². The van der Waals surface area contributed by atoms with E-state index in [1.165, 1.54) is 6.33 Å². The lowest BCUT2D eigenvalue weighted by Crippen LogP contribution is -2.29. The number of anilines is 1. The summed E-state index contributed by atoms with van der Waals surface area (Å²) in [6, 6.07) is 5.51. The zero-order valence-electron chi connectivity index (χ0n) is 14.9. The third-order valence-electron chi connectivity index (χ3n) is 4.16. The minimum atomic E-state index is -0.298. The van der Waals surface area contributed by atoms with Crippen molar-refractivity contribution < 1.29 is 4.79 Å². The second-order valence-electron chi connectivity index (χ2n) is 5.92. The van der Waals surface area contributed by atoms with Crippen LogP contribution < -0.4 is 10.6 Å². The largest absolute Gasteiger partial charge is 0.338 e. The number of nitrogens with zero attached hydrogens (tertiary/aromatic N) is 6. The van der Waals surface area contributed by atoms with Crippen molar-refractivity contribution >= 4 is 23.0 Å². The van der Waals surface area contributed by atoms with Crippen LogP contribution in [0, 0.1) is 0 Å². The number of urea groups is 1. The van der Waals surface area contributed by atoms with Gasteiger partial charge in [0.05, 0.1) is 16.7 Å². The number of benzene rings is 1. The summed E-state index contributed by atoms with van der Waals surface area (Å²) < 4.78 is 3.61. The van der Waals surface area contributed by atoms with Crippen molar-refractivity contribution in [1.29, 1.82) is 0 Å². The van der Waals surface area contributed by atoms with Gasteiger partial charge in [0, 0.05) is 43.9 Å². The Morgan fingerprint density at radius 3 is 2.70 bits per heavy atom. The third-order valence-corrected chi connectivity index (χ3v) is 4.16. The highest BCUT2D eigenvalue weighted by Gasteiger charge is 2.17. The van der Waals surface area contributed by atoms with Crippen molar-refractivity contribution in [3.05, 3.63) is 49.3 Å². The molecule has 9 heteroatoms. The number of imidazole rings is 1. The second kappa shape index (κ2) is 6.87. The van der Waals surface area contributed by atoms with Gasteiger partial charge < -0.3 is 9.88 Å². The normalized spacial score (nSPS) is 10.9. The number of aromatic nitrogens is 6. The summed E-state index contributed by atoms with van der Waals surface area (Å²) in [6.45, 7) is 2.39. The zero-order chi connectivity index (χ0) is 18.8. The molecule has 0 atom stereocenters. The van der Waals surface area contributed by atoms with Gasteiger partial charge in [-0.3, -0.25) is 5.32 Å². The van der Waals surface area contributed by atoms with Crippen LogP contribution in [0.2, 0.25) is 0 Å². The van der Waals surface area contributed by atoms with Crippen LogP contribution in [-0.4, -0.2) is 41.9 Å². The molecule has 4 rings (SSSR count). The summed E-state index contributed by atoms with van der Waals surface area (Å²) in [4.78, 5) is 24.7. The summed E-state index contributed by atoms with van der Waals surface area (Å²) in [5.41, 5.74) is 4.21. The van der Waals surface area contributed by atoms with Gasteiger partial charge in [-0.25, -0.2) is 24.4 Å². The Morgan fingerprint density at radius 1 is 1.19 bits per heavy atom. The number of hydrogen-bond donors (Lipinski definition) is 2. The van der Waals surface area contributed by atoms with Crippen LogP contribution in [0.4, 0.5) is 10.7 Å². The number of amides is 2. The summed E-state index contributed by atoms with van der Waals surface area (Å²) in [5, 5.41) is 9.84. The molecule has 2 N–H and O–H groups in total. The number of aryl methyl sites for hydroxylation is 1. The van der Waals surface area contributed by atoms with Gasteiger partial charge in [-0.1, -0.05) is 0 Å². The molecule has 0 spiro atoms. The Balaban J connectivity index is 1.91. The highest BCUT2D eigenvalue weighted by Crippen LogP contribution is 2.30. The maximum absolute atomic E-state index is 11.9. The van der Waals surface area contributed by atoms with Crippen molar-refractivity contribution in [1.82, 2.24) is 34.6 Å². The van der Waals surface area contributed by atoms with Gasteiger partial charge in [0.2, 0.25) is 5.95 Å². The van der Waals surface area contributed by atoms with E-state index >= 15 is 0 Å². The maximum Gasteiger partial charge on any atom is 0.321 e. The molecule has 0 bridgehead atoms. The fourth-order valence-electron chi connectivity index (χ4n) is 2.95. The van der Waals surface area contributed by atoms with E-state index in [0.717, 1.165) is 27.8 Å². The third kappa shape index (κ3) is 3.10. The van der Waals surface area contributed by atoms with Gasteiger partial charge in [0.15, 0.2) is 0 Å². The molecule has 4 aromatic rings. The van der Waals surface area contributed by atoms with Crippen molar-refractivity contribution in [3.8, 4) is 16.8 Å². The molecule has 9 nitrogen and oxygen atoms in total. The Kier molecular flexibility index (Phi) is 4.25. The summed E-state index contributed by atoms with van der Waals surface area (Å²) in [6.07, 6.45) is 8.57. The Bertz CT molecular complexity index is 1090. The second-order valence-corrected chi connectivity index (χ2v) is 5.92. The van der Waals surface area contributed by atoms with Crippen LogP contribution in [0.3, 0.4) is 0 Å². The molecule has 3 aromatic heterocycles. The Morgan fingerprint density at radius 2 is 2.00 bits per heavy atom. The topological polar surface area (TPSA) is 103 Å². The number of hydrogen-bond acceptors (Lipinski definition) is 5. The standard InChI is InChI=1S/C18H18N8O/c1-3-21-18(27)24-17-23-14-7-12(13-9-19-11-20-10-13)8-15(16(14)25(17)2)26-6-4-5-22-26/h4-11H,3H2,1-2H3,(H2,21,23,24,27).